The van der Waals surface area contributed by atoms with E-state index in [0.29, 0.717) is 13.0 Å². The van der Waals surface area contributed by atoms with Crippen molar-refractivity contribution in [2.75, 3.05) is 13.1 Å². The van der Waals surface area contributed by atoms with E-state index in [2.05, 4.69) is 11.4 Å². The predicted octanol–water partition coefficient (Wildman–Crippen LogP) is 3.53. The first-order valence-corrected chi connectivity index (χ1v) is 7.65. The van der Waals surface area contributed by atoms with Crippen LogP contribution >= 0.6 is 0 Å². The van der Waals surface area contributed by atoms with Crippen molar-refractivity contribution in [2.24, 2.45) is 11.7 Å². The minimum Gasteiger partial charge on any atom is -0.329 e. The molecule has 0 heterocycles. The molecule has 2 atom stereocenters. The molecular formula is C15H25F3N2. The predicted molar refractivity (Wildman–Crippen MR) is 74.4 cm³/mol. The molecular weight excluding hydrogens is 265 g/mol. The van der Waals surface area contributed by atoms with Crippen molar-refractivity contribution in [3.8, 4) is 0 Å². The third-order valence-corrected chi connectivity index (χ3v) is 4.78. The van der Waals surface area contributed by atoms with E-state index in [4.69, 9.17) is 5.73 Å². The van der Waals surface area contributed by atoms with Gasteiger partial charge in [0.25, 0.3) is 0 Å². The van der Waals surface area contributed by atoms with Crippen LogP contribution in [-0.2, 0) is 0 Å². The van der Waals surface area contributed by atoms with Crippen molar-refractivity contribution in [2.45, 2.75) is 63.1 Å². The molecule has 2 unspecified atom stereocenters. The van der Waals surface area contributed by atoms with Gasteiger partial charge in [-0.15, -0.1) is 0 Å². The molecule has 0 spiro atoms. The average molecular weight is 290 g/mol. The maximum absolute atomic E-state index is 12.9. The van der Waals surface area contributed by atoms with E-state index in [-0.39, 0.29) is 12.8 Å². The lowest BCUT2D eigenvalue weighted by Crippen LogP contribution is -2.55. The summed E-state index contributed by atoms with van der Waals surface area (Å²) >= 11 is 0. The number of hydrogen-bond donors (Lipinski definition) is 2. The van der Waals surface area contributed by atoms with Gasteiger partial charge in [0.05, 0.1) is 5.92 Å². The van der Waals surface area contributed by atoms with Gasteiger partial charge >= 0.3 is 6.18 Å². The number of allylic oxidation sites excluding steroid dienone is 1. The highest BCUT2D eigenvalue weighted by atomic mass is 19.4. The fourth-order valence-corrected chi connectivity index (χ4v) is 3.51. The van der Waals surface area contributed by atoms with Crippen LogP contribution in [0.1, 0.15) is 51.4 Å². The molecule has 0 saturated heterocycles. The summed E-state index contributed by atoms with van der Waals surface area (Å²) < 4.78 is 38.7. The third kappa shape index (κ3) is 3.98. The highest BCUT2D eigenvalue weighted by Crippen LogP contribution is 2.41. The molecule has 0 aromatic heterocycles. The van der Waals surface area contributed by atoms with Crippen LogP contribution in [0.2, 0.25) is 0 Å². The Morgan fingerprint density at radius 1 is 1.35 bits per heavy atom. The summed E-state index contributed by atoms with van der Waals surface area (Å²) in [6.07, 6.45) is 4.37. The Hall–Kier alpha value is -0.550. The normalized spacial score (nSPS) is 31.4. The van der Waals surface area contributed by atoms with Crippen LogP contribution in [0.3, 0.4) is 0 Å². The largest absolute Gasteiger partial charge is 0.391 e. The first-order chi connectivity index (χ1) is 9.45. The van der Waals surface area contributed by atoms with Gasteiger partial charge in [0.15, 0.2) is 0 Å². The fraction of sp³-hybridized carbons (Fsp3) is 0.867. The molecule has 0 aliphatic heterocycles. The summed E-state index contributed by atoms with van der Waals surface area (Å²) in [5, 5.41) is 3.35. The Kier molecular flexibility index (Phi) is 5.13. The van der Waals surface area contributed by atoms with Gasteiger partial charge in [-0.1, -0.05) is 18.1 Å². The molecule has 2 aliphatic rings. The second-order valence-corrected chi connectivity index (χ2v) is 6.25. The van der Waals surface area contributed by atoms with Crippen LogP contribution in [0.4, 0.5) is 13.2 Å². The highest BCUT2D eigenvalue weighted by Gasteiger charge is 2.46. The van der Waals surface area contributed by atoms with Crippen molar-refractivity contribution in [3.05, 3.63) is 11.6 Å². The second kappa shape index (κ2) is 6.48. The van der Waals surface area contributed by atoms with Crippen molar-refractivity contribution in [1.82, 2.24) is 5.32 Å². The molecule has 0 amide bonds. The number of rotatable bonds is 5. The summed E-state index contributed by atoms with van der Waals surface area (Å²) in [5.41, 5.74) is 6.72. The molecule has 2 rings (SSSR count). The monoisotopic (exact) mass is 290 g/mol. The summed E-state index contributed by atoms with van der Waals surface area (Å²) in [5.74, 6) is -1.20. The van der Waals surface area contributed by atoms with Crippen LogP contribution < -0.4 is 11.1 Å². The van der Waals surface area contributed by atoms with E-state index < -0.39 is 17.6 Å². The van der Waals surface area contributed by atoms with Gasteiger partial charge in [-0.2, -0.15) is 13.2 Å². The molecule has 0 aromatic rings. The standard InChI is InChI=1S/C15H25F3N2/c16-15(17,18)13-6-3-8-14(10-13,11-19)20-9-7-12-4-1-2-5-12/h4,13,20H,1-3,5-11,19H2. The van der Waals surface area contributed by atoms with Crippen LogP contribution in [0.5, 0.6) is 0 Å². The Bertz CT molecular complexity index is 352. The van der Waals surface area contributed by atoms with Gasteiger partial charge in [-0.3, -0.25) is 0 Å². The number of nitrogens with one attached hydrogen (secondary N) is 1. The van der Waals surface area contributed by atoms with E-state index in [9.17, 15) is 13.2 Å². The van der Waals surface area contributed by atoms with Crippen LogP contribution in [0.15, 0.2) is 11.6 Å². The highest BCUT2D eigenvalue weighted by molar-refractivity contribution is 5.08. The fourth-order valence-electron chi connectivity index (χ4n) is 3.51. The first-order valence-electron chi connectivity index (χ1n) is 7.65. The van der Waals surface area contributed by atoms with E-state index in [0.717, 1.165) is 32.2 Å². The maximum atomic E-state index is 12.9. The van der Waals surface area contributed by atoms with Gasteiger partial charge < -0.3 is 11.1 Å². The summed E-state index contributed by atoms with van der Waals surface area (Å²) in [4.78, 5) is 0. The average Bonchev–Trinajstić information content (AvgIpc) is 2.91. The summed E-state index contributed by atoms with van der Waals surface area (Å²) in [7, 11) is 0. The zero-order valence-electron chi connectivity index (χ0n) is 11.9. The molecule has 2 nitrogen and oxygen atoms in total. The first kappa shape index (κ1) is 15.8. The molecule has 0 bridgehead atoms. The molecule has 3 N–H and O–H groups in total. The lowest BCUT2D eigenvalue weighted by molar-refractivity contribution is -0.188. The molecule has 0 radical (unpaired) electrons. The van der Waals surface area contributed by atoms with Crippen molar-refractivity contribution in [1.29, 1.82) is 0 Å². The lowest BCUT2D eigenvalue weighted by Gasteiger charge is -2.41. The summed E-state index contributed by atoms with van der Waals surface area (Å²) in [6, 6.07) is 0. The smallest absolute Gasteiger partial charge is 0.329 e. The SMILES string of the molecule is NCC1(NCCC2=CCCC2)CCCC(C(F)(F)F)C1. The molecule has 1 fully saturated rings. The number of hydrogen-bond acceptors (Lipinski definition) is 2. The Morgan fingerprint density at radius 2 is 2.15 bits per heavy atom. The van der Waals surface area contributed by atoms with Gasteiger partial charge in [-0.25, -0.2) is 0 Å². The molecule has 1 saturated carbocycles. The van der Waals surface area contributed by atoms with E-state index in [1.165, 1.54) is 12.0 Å². The molecule has 116 valence electrons. The lowest BCUT2D eigenvalue weighted by atomic mass is 9.75. The molecule has 2 aliphatic carbocycles. The van der Waals surface area contributed by atoms with Crippen LogP contribution in [-0.4, -0.2) is 24.8 Å². The van der Waals surface area contributed by atoms with Gasteiger partial charge in [0, 0.05) is 12.1 Å². The number of halogens is 3. The maximum Gasteiger partial charge on any atom is 0.391 e. The zero-order valence-corrected chi connectivity index (χ0v) is 11.9. The number of nitrogens with two attached hydrogens (primary N) is 1. The van der Waals surface area contributed by atoms with Gasteiger partial charge in [0.2, 0.25) is 0 Å². The minimum atomic E-state index is -4.09. The third-order valence-electron chi connectivity index (χ3n) is 4.78. The van der Waals surface area contributed by atoms with Gasteiger partial charge in [0.1, 0.15) is 0 Å². The minimum absolute atomic E-state index is 0.131. The quantitative estimate of drug-likeness (QED) is 0.760. The molecule has 0 aromatic carbocycles. The van der Waals surface area contributed by atoms with E-state index >= 15 is 0 Å². The van der Waals surface area contributed by atoms with Crippen molar-refractivity contribution >= 4 is 0 Å². The van der Waals surface area contributed by atoms with Gasteiger partial charge in [-0.05, 0) is 51.5 Å². The van der Waals surface area contributed by atoms with Crippen LogP contribution in [0.25, 0.3) is 0 Å². The summed E-state index contributed by atoms with van der Waals surface area (Å²) in [6.45, 7) is 1.03. The topological polar surface area (TPSA) is 38.0 Å². The zero-order chi connectivity index (χ0) is 14.6. The van der Waals surface area contributed by atoms with Crippen molar-refractivity contribution < 1.29 is 13.2 Å². The van der Waals surface area contributed by atoms with Crippen molar-refractivity contribution in [3.63, 3.8) is 0 Å². The van der Waals surface area contributed by atoms with Crippen LogP contribution in [0, 0.1) is 5.92 Å². The van der Waals surface area contributed by atoms with E-state index in [1.54, 1.807) is 0 Å². The Labute approximate surface area is 119 Å². The molecule has 20 heavy (non-hydrogen) atoms. The Morgan fingerprint density at radius 3 is 2.75 bits per heavy atom. The molecule has 5 heteroatoms. The Balaban J connectivity index is 1.87. The number of alkyl halides is 3. The van der Waals surface area contributed by atoms with E-state index in [1.807, 2.05) is 0 Å². The second-order valence-electron chi connectivity index (χ2n) is 6.25.